The summed E-state index contributed by atoms with van der Waals surface area (Å²) in [5, 5.41) is 2.90. The Balaban J connectivity index is 1.76. The first-order chi connectivity index (χ1) is 11.3. The van der Waals surface area contributed by atoms with Crippen LogP contribution < -0.4 is 11.1 Å². The largest absolute Gasteiger partial charge is 0.441 e. The summed E-state index contributed by atoms with van der Waals surface area (Å²) in [6.45, 7) is 7.46. The number of aromatic nitrogens is 1. The molecule has 0 atom stereocenters. The van der Waals surface area contributed by atoms with Gasteiger partial charge in [0.25, 0.3) is 0 Å². The molecule has 1 saturated heterocycles. The van der Waals surface area contributed by atoms with Gasteiger partial charge in [0.2, 0.25) is 5.91 Å². The number of nitrogens with zero attached hydrogens (tertiary/aromatic N) is 1. The van der Waals surface area contributed by atoms with E-state index in [1.54, 1.807) is 0 Å². The minimum atomic E-state index is -0.867. The van der Waals surface area contributed by atoms with E-state index in [1.807, 2.05) is 18.2 Å². The molecule has 2 aromatic rings. The molecular weight excluding hydrogens is 306 g/mol. The highest BCUT2D eigenvalue weighted by atomic mass is 16.5. The molecule has 1 fully saturated rings. The molecule has 6 nitrogen and oxygen atoms in total. The van der Waals surface area contributed by atoms with Crippen LogP contribution >= 0.6 is 0 Å². The first kappa shape index (κ1) is 16.9. The Labute approximate surface area is 141 Å². The van der Waals surface area contributed by atoms with Gasteiger partial charge >= 0.3 is 0 Å². The number of amides is 1. The fraction of sp³-hybridized carbons (Fsp3) is 0.556. The van der Waals surface area contributed by atoms with E-state index in [2.05, 4.69) is 31.1 Å². The van der Waals surface area contributed by atoms with Crippen molar-refractivity contribution in [3.05, 3.63) is 24.1 Å². The summed E-state index contributed by atoms with van der Waals surface area (Å²) in [6.07, 6.45) is 1.82. The maximum atomic E-state index is 12.5. The highest BCUT2D eigenvalue weighted by Gasteiger charge is 2.35. The molecule has 6 heteroatoms. The number of rotatable bonds is 3. The summed E-state index contributed by atoms with van der Waals surface area (Å²) in [7, 11) is 0. The van der Waals surface area contributed by atoms with E-state index in [4.69, 9.17) is 14.9 Å². The molecule has 0 saturated carbocycles. The molecule has 0 bridgehead atoms. The zero-order valence-electron chi connectivity index (χ0n) is 14.5. The first-order valence-electron chi connectivity index (χ1n) is 8.33. The average Bonchev–Trinajstić information content (AvgIpc) is 2.87. The number of ether oxygens (including phenoxy) is 1. The van der Waals surface area contributed by atoms with E-state index in [0.29, 0.717) is 37.6 Å². The summed E-state index contributed by atoms with van der Waals surface area (Å²) in [6, 6.07) is 5.47. The Morgan fingerprint density at radius 3 is 2.71 bits per heavy atom. The van der Waals surface area contributed by atoms with Gasteiger partial charge in [-0.1, -0.05) is 20.8 Å². The van der Waals surface area contributed by atoms with Crippen LogP contribution in [0.1, 0.15) is 39.5 Å². The van der Waals surface area contributed by atoms with Gasteiger partial charge in [-0.15, -0.1) is 0 Å². The van der Waals surface area contributed by atoms with Gasteiger partial charge in [0, 0.05) is 25.3 Å². The summed E-state index contributed by atoms with van der Waals surface area (Å²) < 4.78 is 11.1. The van der Waals surface area contributed by atoms with Crippen molar-refractivity contribution in [2.75, 3.05) is 18.5 Å². The fourth-order valence-corrected chi connectivity index (χ4v) is 2.80. The molecule has 1 aliphatic rings. The molecule has 1 aromatic carbocycles. The third kappa shape index (κ3) is 3.76. The predicted octanol–water partition coefficient (Wildman–Crippen LogP) is 2.86. The molecular formula is C18H25N3O3. The van der Waals surface area contributed by atoms with Gasteiger partial charge in [-0.2, -0.15) is 0 Å². The number of benzene rings is 1. The van der Waals surface area contributed by atoms with Crippen LogP contribution in [0.5, 0.6) is 0 Å². The van der Waals surface area contributed by atoms with Crippen LogP contribution in [-0.2, 0) is 16.0 Å². The lowest BCUT2D eigenvalue weighted by molar-refractivity contribution is -0.124. The van der Waals surface area contributed by atoms with Gasteiger partial charge in [-0.05, 0) is 36.5 Å². The normalized spacial score (nSPS) is 17.8. The Morgan fingerprint density at radius 2 is 2.04 bits per heavy atom. The van der Waals surface area contributed by atoms with Crippen molar-refractivity contribution in [2.45, 2.75) is 45.6 Å². The fourth-order valence-electron chi connectivity index (χ4n) is 2.80. The van der Waals surface area contributed by atoms with Gasteiger partial charge in [0.1, 0.15) is 11.1 Å². The van der Waals surface area contributed by atoms with Gasteiger partial charge in [0.05, 0.1) is 0 Å². The number of carbonyl (C=O) groups is 1. The third-order valence-electron chi connectivity index (χ3n) is 4.21. The van der Waals surface area contributed by atoms with E-state index >= 15 is 0 Å². The predicted molar refractivity (Wildman–Crippen MR) is 92.8 cm³/mol. The number of carbonyl (C=O) groups excluding carboxylic acids is 1. The molecule has 0 spiro atoms. The van der Waals surface area contributed by atoms with Crippen LogP contribution in [0.4, 0.5) is 5.69 Å². The molecule has 0 aliphatic carbocycles. The zero-order chi connectivity index (χ0) is 17.4. The maximum absolute atomic E-state index is 12.5. The second-order valence-corrected chi connectivity index (χ2v) is 7.75. The summed E-state index contributed by atoms with van der Waals surface area (Å²) in [5.74, 6) is 0.532. The first-order valence-corrected chi connectivity index (χ1v) is 8.33. The standard InChI is InChI=1S/C18H25N3O3/c1-17(2,3)11-15-21-13-10-12(4-5-14(13)24-15)20-16(22)18(19)6-8-23-9-7-18/h4-5,10H,6-9,11,19H2,1-3H3,(H,20,22). The van der Waals surface area contributed by atoms with Gasteiger partial charge in [-0.25, -0.2) is 4.98 Å². The number of anilines is 1. The molecule has 1 aromatic heterocycles. The van der Waals surface area contributed by atoms with E-state index in [9.17, 15) is 4.79 Å². The van der Waals surface area contributed by atoms with E-state index < -0.39 is 5.54 Å². The van der Waals surface area contributed by atoms with Gasteiger partial charge in [0.15, 0.2) is 11.5 Å². The van der Waals surface area contributed by atoms with E-state index in [1.165, 1.54) is 0 Å². The van der Waals surface area contributed by atoms with E-state index in [-0.39, 0.29) is 11.3 Å². The molecule has 0 unspecified atom stereocenters. The number of nitrogens with two attached hydrogens (primary N) is 1. The van der Waals surface area contributed by atoms with Crippen LogP contribution in [0.3, 0.4) is 0 Å². The number of nitrogens with one attached hydrogen (secondary N) is 1. The van der Waals surface area contributed by atoms with Gasteiger partial charge in [-0.3, -0.25) is 4.79 Å². The average molecular weight is 331 g/mol. The van der Waals surface area contributed by atoms with Crippen molar-refractivity contribution in [3.63, 3.8) is 0 Å². The highest BCUT2D eigenvalue weighted by molar-refractivity contribution is 5.99. The van der Waals surface area contributed by atoms with Crippen molar-refractivity contribution in [3.8, 4) is 0 Å². The number of hydrogen-bond acceptors (Lipinski definition) is 5. The van der Waals surface area contributed by atoms with Crippen molar-refractivity contribution in [1.82, 2.24) is 4.98 Å². The Morgan fingerprint density at radius 1 is 1.33 bits per heavy atom. The molecule has 24 heavy (non-hydrogen) atoms. The van der Waals surface area contributed by atoms with Crippen LogP contribution in [0, 0.1) is 5.41 Å². The summed E-state index contributed by atoms with van der Waals surface area (Å²) in [4.78, 5) is 17.0. The minimum Gasteiger partial charge on any atom is -0.441 e. The summed E-state index contributed by atoms with van der Waals surface area (Å²) >= 11 is 0. The quantitative estimate of drug-likeness (QED) is 0.902. The Hall–Kier alpha value is -1.92. The van der Waals surface area contributed by atoms with E-state index in [0.717, 1.165) is 17.5 Å². The maximum Gasteiger partial charge on any atom is 0.244 e. The van der Waals surface area contributed by atoms with Crippen molar-refractivity contribution in [2.24, 2.45) is 11.1 Å². The second-order valence-electron chi connectivity index (χ2n) is 7.75. The summed E-state index contributed by atoms with van der Waals surface area (Å²) in [5.41, 5.74) is 7.59. The molecule has 130 valence electrons. The van der Waals surface area contributed by atoms with Crippen LogP contribution in [0.25, 0.3) is 11.1 Å². The molecule has 3 N–H and O–H groups in total. The second kappa shape index (κ2) is 6.18. The molecule has 1 amide bonds. The molecule has 2 heterocycles. The van der Waals surface area contributed by atoms with Crippen molar-refractivity contribution >= 4 is 22.7 Å². The number of oxazole rings is 1. The lowest BCUT2D eigenvalue weighted by Gasteiger charge is -2.31. The van der Waals surface area contributed by atoms with Crippen molar-refractivity contribution in [1.29, 1.82) is 0 Å². The topological polar surface area (TPSA) is 90.4 Å². The Kier molecular flexibility index (Phi) is 4.36. The molecule has 0 radical (unpaired) electrons. The lowest BCUT2D eigenvalue weighted by atomic mass is 9.90. The van der Waals surface area contributed by atoms with Crippen LogP contribution in [0.15, 0.2) is 22.6 Å². The SMILES string of the molecule is CC(C)(C)Cc1nc2cc(NC(=O)C3(N)CCOCC3)ccc2o1. The lowest BCUT2D eigenvalue weighted by Crippen LogP contribution is -2.54. The molecule has 3 rings (SSSR count). The highest BCUT2D eigenvalue weighted by Crippen LogP contribution is 2.26. The smallest absolute Gasteiger partial charge is 0.244 e. The number of fused-ring (bicyclic) bond motifs is 1. The third-order valence-corrected chi connectivity index (χ3v) is 4.21. The Bertz CT molecular complexity index is 740. The minimum absolute atomic E-state index is 0.104. The zero-order valence-corrected chi connectivity index (χ0v) is 14.5. The van der Waals surface area contributed by atoms with Crippen molar-refractivity contribution < 1.29 is 13.9 Å². The molecule has 1 aliphatic heterocycles. The van der Waals surface area contributed by atoms with Crippen LogP contribution in [-0.4, -0.2) is 29.6 Å². The van der Waals surface area contributed by atoms with Crippen LogP contribution in [0.2, 0.25) is 0 Å². The van der Waals surface area contributed by atoms with Gasteiger partial charge < -0.3 is 20.2 Å². The number of hydrogen-bond donors (Lipinski definition) is 2. The monoisotopic (exact) mass is 331 g/mol.